The first-order chi connectivity index (χ1) is 9.56. The lowest BCUT2D eigenvalue weighted by Gasteiger charge is -2.01. The molecule has 0 spiro atoms. The van der Waals surface area contributed by atoms with Gasteiger partial charge in [-0.1, -0.05) is 6.07 Å². The van der Waals surface area contributed by atoms with Crippen LogP contribution in [0.4, 0.5) is 0 Å². The number of nitrogens with one attached hydrogen (secondary N) is 1. The number of rotatable bonds is 6. The third-order valence-electron chi connectivity index (χ3n) is 2.96. The van der Waals surface area contributed by atoms with Gasteiger partial charge in [-0.05, 0) is 25.0 Å². The van der Waals surface area contributed by atoms with E-state index in [1.54, 1.807) is 0 Å². The van der Waals surface area contributed by atoms with Crippen LogP contribution in [0.15, 0.2) is 24.5 Å². The van der Waals surface area contributed by atoms with E-state index in [2.05, 4.69) is 10.3 Å². The molecule has 0 aliphatic carbocycles. The van der Waals surface area contributed by atoms with E-state index < -0.39 is 5.97 Å². The summed E-state index contributed by atoms with van der Waals surface area (Å²) in [5.41, 5.74) is 2.61. The standard InChI is InChI=1S/C14H17N3O3/c1-10-4-3-7-17-9-11(16-14(10)17)8-12(18)15-6-2-5-13(19)20/h3-4,7,9H,2,5-6,8H2,1H3,(H,15,18)(H,19,20). The molecule has 0 saturated heterocycles. The van der Waals surface area contributed by atoms with Crippen molar-refractivity contribution in [3.63, 3.8) is 0 Å². The number of hydrogen-bond donors (Lipinski definition) is 2. The summed E-state index contributed by atoms with van der Waals surface area (Å²) in [6, 6.07) is 3.90. The minimum atomic E-state index is -0.852. The van der Waals surface area contributed by atoms with E-state index in [0.29, 0.717) is 18.7 Å². The normalized spacial score (nSPS) is 10.7. The summed E-state index contributed by atoms with van der Waals surface area (Å²) in [7, 11) is 0. The largest absolute Gasteiger partial charge is 0.481 e. The quantitative estimate of drug-likeness (QED) is 0.775. The van der Waals surface area contributed by atoms with Gasteiger partial charge in [-0.25, -0.2) is 4.98 Å². The van der Waals surface area contributed by atoms with Crippen LogP contribution < -0.4 is 5.32 Å². The highest BCUT2D eigenvalue weighted by Gasteiger charge is 2.08. The van der Waals surface area contributed by atoms with Crippen molar-refractivity contribution in [3.05, 3.63) is 35.8 Å². The van der Waals surface area contributed by atoms with Crippen molar-refractivity contribution in [2.75, 3.05) is 6.54 Å². The maximum atomic E-state index is 11.7. The Morgan fingerprint density at radius 1 is 1.45 bits per heavy atom. The summed E-state index contributed by atoms with van der Waals surface area (Å²) in [6.07, 6.45) is 4.43. The summed E-state index contributed by atoms with van der Waals surface area (Å²) in [6.45, 7) is 2.34. The molecule has 0 fully saturated rings. The van der Waals surface area contributed by atoms with E-state index in [9.17, 15) is 9.59 Å². The zero-order valence-corrected chi connectivity index (χ0v) is 11.3. The molecule has 0 unspecified atom stereocenters. The fourth-order valence-corrected chi connectivity index (χ4v) is 1.98. The van der Waals surface area contributed by atoms with E-state index >= 15 is 0 Å². The zero-order valence-electron chi connectivity index (χ0n) is 11.3. The summed E-state index contributed by atoms with van der Waals surface area (Å²) in [4.78, 5) is 26.5. The van der Waals surface area contributed by atoms with E-state index in [-0.39, 0.29) is 18.7 Å². The predicted molar refractivity (Wildman–Crippen MR) is 73.5 cm³/mol. The number of aromatic nitrogens is 2. The van der Waals surface area contributed by atoms with Crippen LogP contribution in [-0.2, 0) is 16.0 Å². The molecule has 0 aliphatic rings. The van der Waals surface area contributed by atoms with Crippen molar-refractivity contribution in [1.29, 1.82) is 0 Å². The van der Waals surface area contributed by atoms with Crippen LogP contribution in [0, 0.1) is 6.92 Å². The van der Waals surface area contributed by atoms with Crippen molar-refractivity contribution >= 4 is 17.5 Å². The van der Waals surface area contributed by atoms with Crippen molar-refractivity contribution in [2.45, 2.75) is 26.2 Å². The van der Waals surface area contributed by atoms with Gasteiger partial charge in [0.15, 0.2) is 0 Å². The molecule has 0 aromatic carbocycles. The molecule has 1 amide bonds. The number of carboxylic acids is 1. The lowest BCUT2D eigenvalue weighted by atomic mass is 10.3. The summed E-state index contributed by atoms with van der Waals surface area (Å²) in [5.74, 6) is -0.994. The fraction of sp³-hybridized carbons (Fsp3) is 0.357. The average molecular weight is 275 g/mol. The van der Waals surface area contributed by atoms with E-state index in [1.807, 2.05) is 35.9 Å². The molecule has 20 heavy (non-hydrogen) atoms. The third kappa shape index (κ3) is 3.57. The van der Waals surface area contributed by atoms with Gasteiger partial charge in [-0.3, -0.25) is 9.59 Å². The van der Waals surface area contributed by atoms with Gasteiger partial charge in [-0.2, -0.15) is 0 Å². The molecule has 0 bridgehead atoms. The Hall–Kier alpha value is -2.37. The molecule has 2 rings (SSSR count). The Balaban J connectivity index is 1.90. The van der Waals surface area contributed by atoms with Gasteiger partial charge >= 0.3 is 5.97 Å². The van der Waals surface area contributed by atoms with Crippen molar-refractivity contribution in [1.82, 2.24) is 14.7 Å². The van der Waals surface area contributed by atoms with Gasteiger partial charge < -0.3 is 14.8 Å². The number of carbonyl (C=O) groups is 2. The molecule has 0 atom stereocenters. The van der Waals surface area contributed by atoms with Gasteiger partial charge in [0.1, 0.15) is 5.65 Å². The van der Waals surface area contributed by atoms with Crippen LogP contribution in [0.2, 0.25) is 0 Å². The minimum absolute atomic E-state index is 0.0633. The second kappa shape index (κ2) is 6.18. The van der Waals surface area contributed by atoms with Crippen LogP contribution in [0.5, 0.6) is 0 Å². The average Bonchev–Trinajstić information content (AvgIpc) is 2.78. The van der Waals surface area contributed by atoms with Crippen molar-refractivity contribution in [3.8, 4) is 0 Å². The van der Waals surface area contributed by atoms with Crippen LogP contribution in [0.3, 0.4) is 0 Å². The Morgan fingerprint density at radius 2 is 2.25 bits per heavy atom. The monoisotopic (exact) mass is 275 g/mol. The SMILES string of the molecule is Cc1cccn2cc(CC(=O)NCCCC(=O)O)nc12. The third-order valence-corrected chi connectivity index (χ3v) is 2.96. The highest BCUT2D eigenvalue weighted by atomic mass is 16.4. The molecule has 0 aliphatic heterocycles. The summed E-state index contributed by atoms with van der Waals surface area (Å²) >= 11 is 0. The first-order valence-electron chi connectivity index (χ1n) is 6.48. The van der Waals surface area contributed by atoms with Gasteiger partial charge in [0.25, 0.3) is 0 Å². The lowest BCUT2D eigenvalue weighted by molar-refractivity contribution is -0.137. The van der Waals surface area contributed by atoms with Crippen LogP contribution >= 0.6 is 0 Å². The first kappa shape index (κ1) is 14.0. The first-order valence-corrected chi connectivity index (χ1v) is 6.48. The number of pyridine rings is 1. The summed E-state index contributed by atoms with van der Waals surface area (Å²) < 4.78 is 1.89. The Bertz CT molecular complexity index is 634. The Labute approximate surface area is 116 Å². The fourth-order valence-electron chi connectivity index (χ4n) is 1.98. The highest BCUT2D eigenvalue weighted by molar-refractivity contribution is 5.78. The number of nitrogens with zero attached hydrogens (tertiary/aromatic N) is 2. The van der Waals surface area contributed by atoms with E-state index in [0.717, 1.165) is 11.2 Å². The molecule has 0 radical (unpaired) electrons. The number of imidazole rings is 1. The number of hydrogen-bond acceptors (Lipinski definition) is 3. The van der Waals surface area contributed by atoms with Crippen LogP contribution in [0.25, 0.3) is 5.65 Å². The summed E-state index contributed by atoms with van der Waals surface area (Å²) in [5, 5.41) is 11.2. The number of aliphatic carboxylic acids is 1. The zero-order chi connectivity index (χ0) is 14.5. The minimum Gasteiger partial charge on any atom is -0.481 e. The van der Waals surface area contributed by atoms with Gasteiger partial charge in [0, 0.05) is 25.4 Å². The molecular formula is C14H17N3O3. The predicted octanol–water partition coefficient (Wildman–Crippen LogP) is 1.17. The number of aryl methyl sites for hydroxylation is 1. The maximum Gasteiger partial charge on any atom is 0.303 e. The topological polar surface area (TPSA) is 83.7 Å². The highest BCUT2D eigenvalue weighted by Crippen LogP contribution is 2.10. The van der Waals surface area contributed by atoms with Crippen molar-refractivity contribution in [2.24, 2.45) is 0 Å². The Kier molecular flexibility index (Phi) is 4.34. The number of carboxylic acid groups (broad SMARTS) is 1. The lowest BCUT2D eigenvalue weighted by Crippen LogP contribution is -2.26. The molecule has 106 valence electrons. The van der Waals surface area contributed by atoms with Crippen LogP contribution in [-0.4, -0.2) is 32.9 Å². The second-order valence-electron chi connectivity index (χ2n) is 4.68. The number of fused-ring (bicyclic) bond motifs is 1. The van der Waals surface area contributed by atoms with Crippen LogP contribution in [0.1, 0.15) is 24.1 Å². The van der Waals surface area contributed by atoms with Crippen molar-refractivity contribution < 1.29 is 14.7 Å². The molecule has 2 aromatic heterocycles. The maximum absolute atomic E-state index is 11.7. The van der Waals surface area contributed by atoms with Gasteiger partial charge in [0.2, 0.25) is 5.91 Å². The Morgan fingerprint density at radius 3 is 2.95 bits per heavy atom. The smallest absolute Gasteiger partial charge is 0.303 e. The number of amides is 1. The second-order valence-corrected chi connectivity index (χ2v) is 4.68. The molecule has 6 heteroatoms. The molecule has 2 heterocycles. The molecule has 2 aromatic rings. The molecular weight excluding hydrogens is 258 g/mol. The van der Waals surface area contributed by atoms with Gasteiger partial charge in [0.05, 0.1) is 12.1 Å². The molecule has 6 nitrogen and oxygen atoms in total. The van der Waals surface area contributed by atoms with E-state index in [4.69, 9.17) is 5.11 Å². The van der Waals surface area contributed by atoms with Gasteiger partial charge in [-0.15, -0.1) is 0 Å². The molecule has 0 saturated carbocycles. The van der Waals surface area contributed by atoms with E-state index in [1.165, 1.54) is 0 Å². The number of carbonyl (C=O) groups excluding carboxylic acids is 1. The molecule has 2 N–H and O–H groups in total.